The molecule has 0 saturated carbocycles. The quantitative estimate of drug-likeness (QED) is 0.876. The minimum absolute atomic E-state index is 0.0485. The summed E-state index contributed by atoms with van der Waals surface area (Å²) in [5.74, 6) is 0.136. The van der Waals surface area contributed by atoms with Crippen molar-refractivity contribution in [1.29, 1.82) is 0 Å². The van der Waals surface area contributed by atoms with Crippen LogP contribution in [0.2, 0.25) is 0 Å². The van der Waals surface area contributed by atoms with Gasteiger partial charge in [0.05, 0.1) is 4.90 Å². The molecule has 0 aliphatic carbocycles. The van der Waals surface area contributed by atoms with E-state index < -0.39 is 10.0 Å². The molecule has 1 aromatic carbocycles. The van der Waals surface area contributed by atoms with E-state index in [1.807, 2.05) is 24.0 Å². The van der Waals surface area contributed by atoms with Gasteiger partial charge in [-0.2, -0.15) is 4.31 Å². The lowest BCUT2D eigenvalue weighted by Crippen LogP contribution is -2.50. The Morgan fingerprint density at radius 3 is 2.21 bits per heavy atom. The van der Waals surface area contributed by atoms with E-state index in [4.69, 9.17) is 0 Å². The first-order valence-electron chi connectivity index (χ1n) is 8.55. The summed E-state index contributed by atoms with van der Waals surface area (Å²) >= 11 is 0. The maximum absolute atomic E-state index is 12.7. The molecule has 2 heterocycles. The first-order chi connectivity index (χ1) is 11.5. The van der Waals surface area contributed by atoms with Gasteiger partial charge in [-0.1, -0.05) is 17.7 Å². The summed E-state index contributed by atoms with van der Waals surface area (Å²) in [5.41, 5.74) is 1.04. The topological polar surface area (TPSA) is 69.7 Å². The smallest absolute Gasteiger partial charge is 0.243 e. The third kappa shape index (κ3) is 3.63. The lowest BCUT2D eigenvalue weighted by Gasteiger charge is -2.35. The lowest BCUT2D eigenvalue weighted by atomic mass is 9.96. The summed E-state index contributed by atoms with van der Waals surface area (Å²) in [6.07, 6.45) is 1.21. The van der Waals surface area contributed by atoms with Crippen LogP contribution in [0.4, 0.5) is 0 Å². The Hall–Kier alpha value is -1.44. The van der Waals surface area contributed by atoms with Crippen LogP contribution >= 0.6 is 0 Å². The predicted octanol–water partition coefficient (Wildman–Crippen LogP) is 0.828. The number of rotatable bonds is 3. The summed E-state index contributed by atoms with van der Waals surface area (Å²) in [7, 11) is -3.45. The third-order valence-corrected chi connectivity index (χ3v) is 6.80. The number of piperazine rings is 1. The zero-order valence-corrected chi connectivity index (χ0v) is 14.9. The van der Waals surface area contributed by atoms with Crippen molar-refractivity contribution >= 4 is 15.9 Å². The Morgan fingerprint density at radius 1 is 1.04 bits per heavy atom. The van der Waals surface area contributed by atoms with E-state index in [0.29, 0.717) is 30.8 Å². The number of hydrogen-bond acceptors (Lipinski definition) is 4. The molecule has 0 unspecified atom stereocenters. The van der Waals surface area contributed by atoms with Crippen molar-refractivity contribution in [2.45, 2.75) is 24.7 Å². The van der Waals surface area contributed by atoms with E-state index in [1.54, 1.807) is 12.1 Å². The molecular formula is C17H25N3O3S. The second-order valence-corrected chi connectivity index (χ2v) is 8.50. The van der Waals surface area contributed by atoms with Crippen LogP contribution in [0.1, 0.15) is 18.4 Å². The summed E-state index contributed by atoms with van der Waals surface area (Å²) in [5, 5.41) is 3.24. The van der Waals surface area contributed by atoms with Gasteiger partial charge in [-0.15, -0.1) is 0 Å². The molecule has 0 aromatic heterocycles. The highest BCUT2D eigenvalue weighted by atomic mass is 32.2. The van der Waals surface area contributed by atoms with Crippen LogP contribution in [0.3, 0.4) is 0 Å². The van der Waals surface area contributed by atoms with Crippen molar-refractivity contribution in [1.82, 2.24) is 14.5 Å². The van der Waals surface area contributed by atoms with E-state index in [9.17, 15) is 13.2 Å². The van der Waals surface area contributed by atoms with E-state index in [2.05, 4.69) is 5.32 Å². The van der Waals surface area contributed by atoms with Crippen LogP contribution in [-0.2, 0) is 14.8 Å². The molecule has 1 N–H and O–H groups in total. The highest BCUT2D eigenvalue weighted by Crippen LogP contribution is 2.25. The number of carbonyl (C=O) groups is 1. The fourth-order valence-corrected chi connectivity index (χ4v) is 4.82. The molecule has 2 aliphatic rings. The van der Waals surface area contributed by atoms with Crippen LogP contribution in [0, 0.1) is 12.8 Å². The largest absolute Gasteiger partial charge is 0.340 e. The van der Waals surface area contributed by atoms with Crippen LogP contribution in [0.25, 0.3) is 0 Å². The zero-order chi connectivity index (χ0) is 17.2. The van der Waals surface area contributed by atoms with Crippen LogP contribution in [0.15, 0.2) is 29.2 Å². The molecule has 24 heavy (non-hydrogen) atoms. The average molecular weight is 351 g/mol. The Labute approximate surface area is 143 Å². The Balaban J connectivity index is 1.62. The number of sulfonamides is 1. The normalized spacial score (nSPS) is 21.0. The van der Waals surface area contributed by atoms with Crippen molar-refractivity contribution in [3.8, 4) is 0 Å². The highest BCUT2D eigenvalue weighted by molar-refractivity contribution is 7.89. The van der Waals surface area contributed by atoms with Crippen molar-refractivity contribution in [2.75, 3.05) is 39.3 Å². The minimum atomic E-state index is -3.45. The molecule has 6 nitrogen and oxygen atoms in total. The summed E-state index contributed by atoms with van der Waals surface area (Å²) in [6.45, 7) is 5.95. The number of aryl methyl sites for hydroxylation is 1. The first kappa shape index (κ1) is 17.4. The summed E-state index contributed by atoms with van der Waals surface area (Å²) in [4.78, 5) is 14.8. The minimum Gasteiger partial charge on any atom is -0.340 e. The van der Waals surface area contributed by atoms with Crippen LogP contribution < -0.4 is 5.32 Å². The Bertz CT molecular complexity index is 674. The monoisotopic (exact) mass is 351 g/mol. The SMILES string of the molecule is Cc1ccc(S(=O)(=O)N2CCC(C(=O)N3CCNCC3)CC2)cc1. The maximum atomic E-state index is 12.7. The summed E-state index contributed by atoms with van der Waals surface area (Å²) < 4.78 is 26.9. The number of amides is 1. The van der Waals surface area contributed by atoms with Crippen molar-refractivity contribution in [3.05, 3.63) is 29.8 Å². The molecule has 0 radical (unpaired) electrons. The molecule has 2 saturated heterocycles. The number of nitrogens with one attached hydrogen (secondary N) is 1. The maximum Gasteiger partial charge on any atom is 0.243 e. The molecule has 0 spiro atoms. The fraction of sp³-hybridized carbons (Fsp3) is 0.588. The first-order valence-corrected chi connectivity index (χ1v) is 9.99. The summed E-state index contributed by atoms with van der Waals surface area (Å²) in [6, 6.07) is 6.94. The second-order valence-electron chi connectivity index (χ2n) is 6.57. The van der Waals surface area contributed by atoms with E-state index >= 15 is 0 Å². The van der Waals surface area contributed by atoms with Crippen LogP contribution in [-0.4, -0.2) is 62.8 Å². The molecule has 0 bridgehead atoms. The van der Waals surface area contributed by atoms with Gasteiger partial charge in [0, 0.05) is 45.2 Å². The van der Waals surface area contributed by atoms with Gasteiger partial charge in [-0.25, -0.2) is 8.42 Å². The molecule has 0 atom stereocenters. The molecule has 1 aromatic rings. The van der Waals surface area contributed by atoms with Gasteiger partial charge in [0.25, 0.3) is 0 Å². The van der Waals surface area contributed by atoms with Crippen LogP contribution in [0.5, 0.6) is 0 Å². The number of nitrogens with zero attached hydrogens (tertiary/aromatic N) is 2. The molecule has 132 valence electrons. The van der Waals surface area contributed by atoms with Crippen molar-refractivity contribution in [2.24, 2.45) is 5.92 Å². The molecule has 2 aliphatic heterocycles. The zero-order valence-electron chi connectivity index (χ0n) is 14.1. The number of hydrogen-bond donors (Lipinski definition) is 1. The predicted molar refractivity (Wildman–Crippen MR) is 92.1 cm³/mol. The third-order valence-electron chi connectivity index (χ3n) is 4.89. The fourth-order valence-electron chi connectivity index (χ4n) is 3.35. The Morgan fingerprint density at radius 2 is 1.62 bits per heavy atom. The van der Waals surface area contributed by atoms with E-state index in [-0.39, 0.29) is 11.8 Å². The molecule has 1 amide bonds. The molecular weight excluding hydrogens is 326 g/mol. The van der Waals surface area contributed by atoms with Gasteiger partial charge in [-0.05, 0) is 31.9 Å². The average Bonchev–Trinajstić information content (AvgIpc) is 2.62. The highest BCUT2D eigenvalue weighted by Gasteiger charge is 2.33. The van der Waals surface area contributed by atoms with Crippen molar-refractivity contribution < 1.29 is 13.2 Å². The van der Waals surface area contributed by atoms with E-state index in [1.165, 1.54) is 4.31 Å². The number of benzene rings is 1. The number of carbonyl (C=O) groups excluding carboxylic acids is 1. The molecule has 3 rings (SSSR count). The van der Waals surface area contributed by atoms with Gasteiger partial charge in [0.15, 0.2) is 0 Å². The standard InChI is InChI=1S/C17H25N3O3S/c1-14-2-4-16(5-3-14)24(22,23)20-10-6-15(7-11-20)17(21)19-12-8-18-9-13-19/h2-5,15,18H,6-13H2,1H3. The lowest BCUT2D eigenvalue weighted by molar-refractivity contribution is -0.137. The van der Waals surface area contributed by atoms with Crippen molar-refractivity contribution in [3.63, 3.8) is 0 Å². The second kappa shape index (κ2) is 7.21. The van der Waals surface area contributed by atoms with Gasteiger partial charge >= 0.3 is 0 Å². The van der Waals surface area contributed by atoms with Gasteiger partial charge in [0.2, 0.25) is 15.9 Å². The van der Waals surface area contributed by atoms with Gasteiger partial charge in [-0.3, -0.25) is 4.79 Å². The Kier molecular flexibility index (Phi) is 5.22. The number of piperidine rings is 1. The molecule has 7 heteroatoms. The molecule has 2 fully saturated rings. The van der Waals surface area contributed by atoms with E-state index in [0.717, 1.165) is 31.7 Å². The van der Waals surface area contributed by atoms with Gasteiger partial charge in [0.1, 0.15) is 0 Å². The van der Waals surface area contributed by atoms with Gasteiger partial charge < -0.3 is 10.2 Å².